The van der Waals surface area contributed by atoms with Crippen molar-refractivity contribution in [1.29, 1.82) is 0 Å². The summed E-state index contributed by atoms with van der Waals surface area (Å²) < 4.78 is 0. The van der Waals surface area contributed by atoms with Gasteiger partial charge in [-0.3, -0.25) is 0 Å². The average molecular weight is 330 g/mol. The maximum absolute atomic E-state index is 4.89. The standard InChI is InChI=1S/C23H26N2/c1-2-9-18(10-3-1)23-17-19(21-14-4-5-15-22(21)25-23)11-8-13-20-12-6-7-16-24-20/h1-5,9-10,14-15,17,20,24H,6-8,11-13,16H2. The second kappa shape index (κ2) is 7.79. The van der Waals surface area contributed by atoms with Gasteiger partial charge in [0.05, 0.1) is 11.2 Å². The lowest BCUT2D eigenvalue weighted by molar-refractivity contribution is 0.376. The van der Waals surface area contributed by atoms with Gasteiger partial charge in [-0.05, 0) is 56.3 Å². The maximum Gasteiger partial charge on any atom is 0.0712 e. The predicted octanol–water partition coefficient (Wildman–Crippen LogP) is 5.37. The molecule has 1 aliphatic rings. The van der Waals surface area contributed by atoms with Crippen LogP contribution in [-0.2, 0) is 6.42 Å². The van der Waals surface area contributed by atoms with Crippen molar-refractivity contribution in [1.82, 2.24) is 10.3 Å². The summed E-state index contributed by atoms with van der Waals surface area (Å²) in [6.07, 6.45) is 7.70. The van der Waals surface area contributed by atoms with Crippen LogP contribution in [0.1, 0.15) is 37.7 Å². The summed E-state index contributed by atoms with van der Waals surface area (Å²) in [6.45, 7) is 1.20. The zero-order valence-electron chi connectivity index (χ0n) is 14.7. The van der Waals surface area contributed by atoms with Crippen LogP contribution in [0.3, 0.4) is 0 Å². The fourth-order valence-electron chi connectivity index (χ4n) is 3.92. The summed E-state index contributed by atoms with van der Waals surface area (Å²) in [4.78, 5) is 4.89. The van der Waals surface area contributed by atoms with Crippen LogP contribution >= 0.6 is 0 Å². The van der Waals surface area contributed by atoms with Crippen LogP contribution in [-0.4, -0.2) is 17.6 Å². The van der Waals surface area contributed by atoms with Gasteiger partial charge < -0.3 is 5.32 Å². The lowest BCUT2D eigenvalue weighted by Gasteiger charge is -2.23. The largest absolute Gasteiger partial charge is 0.314 e. The van der Waals surface area contributed by atoms with Crippen molar-refractivity contribution < 1.29 is 0 Å². The summed E-state index contributed by atoms with van der Waals surface area (Å²) in [5.41, 5.74) is 4.82. The van der Waals surface area contributed by atoms with E-state index in [0.29, 0.717) is 0 Å². The Labute approximate surface area is 150 Å². The van der Waals surface area contributed by atoms with Crippen LogP contribution in [0.15, 0.2) is 60.7 Å². The van der Waals surface area contributed by atoms with Crippen LogP contribution in [0.4, 0.5) is 0 Å². The number of nitrogens with zero attached hydrogens (tertiary/aromatic N) is 1. The molecule has 1 aliphatic heterocycles. The first-order valence-corrected chi connectivity index (χ1v) is 9.57. The molecular weight excluding hydrogens is 304 g/mol. The molecule has 4 rings (SSSR count). The number of hydrogen-bond acceptors (Lipinski definition) is 2. The normalized spacial score (nSPS) is 17.7. The minimum atomic E-state index is 0.718. The molecule has 0 amide bonds. The Hall–Kier alpha value is -2.19. The summed E-state index contributed by atoms with van der Waals surface area (Å²) in [5, 5.41) is 4.97. The molecule has 1 N–H and O–H groups in total. The number of piperidine rings is 1. The van der Waals surface area contributed by atoms with Gasteiger partial charge in [0, 0.05) is 17.0 Å². The van der Waals surface area contributed by atoms with Crippen molar-refractivity contribution in [3.63, 3.8) is 0 Å². The molecule has 1 fully saturated rings. The Morgan fingerprint density at radius 1 is 0.960 bits per heavy atom. The molecule has 2 aromatic carbocycles. The number of para-hydroxylation sites is 1. The smallest absolute Gasteiger partial charge is 0.0712 e. The van der Waals surface area contributed by atoms with Crippen LogP contribution in [0.2, 0.25) is 0 Å². The fraction of sp³-hybridized carbons (Fsp3) is 0.348. The minimum absolute atomic E-state index is 0.718. The predicted molar refractivity (Wildman–Crippen MR) is 106 cm³/mol. The molecule has 0 saturated carbocycles. The monoisotopic (exact) mass is 330 g/mol. The molecular formula is C23H26N2. The molecule has 1 aromatic heterocycles. The summed E-state index contributed by atoms with van der Waals surface area (Å²) in [7, 11) is 0. The highest BCUT2D eigenvalue weighted by molar-refractivity contribution is 5.85. The lowest BCUT2D eigenvalue weighted by atomic mass is 9.96. The van der Waals surface area contributed by atoms with Gasteiger partial charge in [0.15, 0.2) is 0 Å². The SMILES string of the molecule is c1ccc(-c2cc(CCCC3CCCCN3)c3ccccc3n2)cc1. The highest BCUT2D eigenvalue weighted by atomic mass is 14.9. The quantitative estimate of drug-likeness (QED) is 0.680. The molecule has 2 nitrogen and oxygen atoms in total. The first-order chi connectivity index (χ1) is 12.4. The van der Waals surface area contributed by atoms with E-state index in [9.17, 15) is 0 Å². The number of rotatable bonds is 5. The Bertz CT molecular complexity index is 820. The van der Waals surface area contributed by atoms with E-state index >= 15 is 0 Å². The summed E-state index contributed by atoms with van der Waals surface area (Å²) in [6, 6.07) is 22.1. The molecule has 1 saturated heterocycles. The number of aromatic nitrogens is 1. The van der Waals surface area contributed by atoms with Crippen LogP contribution in [0.5, 0.6) is 0 Å². The molecule has 2 heteroatoms. The third-order valence-electron chi connectivity index (χ3n) is 5.28. The number of aryl methyl sites for hydroxylation is 1. The van der Waals surface area contributed by atoms with Crippen molar-refractivity contribution in [2.75, 3.05) is 6.54 Å². The highest BCUT2D eigenvalue weighted by Gasteiger charge is 2.13. The zero-order valence-corrected chi connectivity index (χ0v) is 14.7. The third kappa shape index (κ3) is 3.91. The van der Waals surface area contributed by atoms with Crippen LogP contribution < -0.4 is 5.32 Å². The number of hydrogen-bond donors (Lipinski definition) is 1. The lowest BCUT2D eigenvalue weighted by Crippen LogP contribution is -2.33. The van der Waals surface area contributed by atoms with Crippen molar-refractivity contribution in [2.45, 2.75) is 44.6 Å². The topological polar surface area (TPSA) is 24.9 Å². The van der Waals surface area contributed by atoms with Gasteiger partial charge in [-0.2, -0.15) is 0 Å². The van der Waals surface area contributed by atoms with E-state index in [4.69, 9.17) is 4.98 Å². The van der Waals surface area contributed by atoms with Gasteiger partial charge in [0.2, 0.25) is 0 Å². The fourth-order valence-corrected chi connectivity index (χ4v) is 3.92. The number of benzene rings is 2. The molecule has 0 bridgehead atoms. The second-order valence-corrected chi connectivity index (χ2v) is 7.09. The minimum Gasteiger partial charge on any atom is -0.314 e. The Morgan fingerprint density at radius 3 is 2.64 bits per heavy atom. The average Bonchev–Trinajstić information content (AvgIpc) is 2.69. The van der Waals surface area contributed by atoms with Crippen molar-refractivity contribution in [2.24, 2.45) is 0 Å². The molecule has 1 atom stereocenters. The third-order valence-corrected chi connectivity index (χ3v) is 5.28. The Balaban J connectivity index is 1.58. The molecule has 128 valence electrons. The van der Waals surface area contributed by atoms with E-state index in [0.717, 1.165) is 23.7 Å². The van der Waals surface area contributed by atoms with Crippen molar-refractivity contribution in [3.8, 4) is 11.3 Å². The second-order valence-electron chi connectivity index (χ2n) is 7.09. The molecule has 1 unspecified atom stereocenters. The van der Waals surface area contributed by atoms with E-state index in [1.165, 1.54) is 55.2 Å². The van der Waals surface area contributed by atoms with Gasteiger partial charge in [0.25, 0.3) is 0 Å². The summed E-state index contributed by atoms with van der Waals surface area (Å²) >= 11 is 0. The zero-order chi connectivity index (χ0) is 16.9. The van der Waals surface area contributed by atoms with Gasteiger partial charge in [-0.15, -0.1) is 0 Å². The molecule has 0 radical (unpaired) electrons. The van der Waals surface area contributed by atoms with Gasteiger partial charge in [-0.25, -0.2) is 4.98 Å². The van der Waals surface area contributed by atoms with Crippen molar-refractivity contribution in [3.05, 3.63) is 66.2 Å². The van der Waals surface area contributed by atoms with Gasteiger partial charge >= 0.3 is 0 Å². The number of fused-ring (bicyclic) bond motifs is 1. The Kier molecular flexibility index (Phi) is 5.08. The molecule has 3 aromatic rings. The highest BCUT2D eigenvalue weighted by Crippen LogP contribution is 2.26. The number of nitrogens with one attached hydrogen (secondary N) is 1. The molecule has 2 heterocycles. The van der Waals surface area contributed by atoms with E-state index in [-0.39, 0.29) is 0 Å². The van der Waals surface area contributed by atoms with Gasteiger partial charge in [0.1, 0.15) is 0 Å². The Morgan fingerprint density at radius 2 is 1.80 bits per heavy atom. The first kappa shape index (κ1) is 16.3. The molecule has 0 aliphatic carbocycles. The van der Waals surface area contributed by atoms with E-state index in [1.54, 1.807) is 0 Å². The van der Waals surface area contributed by atoms with E-state index in [2.05, 4.69) is 66.0 Å². The van der Waals surface area contributed by atoms with Crippen LogP contribution in [0.25, 0.3) is 22.2 Å². The van der Waals surface area contributed by atoms with Crippen molar-refractivity contribution >= 4 is 10.9 Å². The molecule has 25 heavy (non-hydrogen) atoms. The number of pyridine rings is 1. The summed E-state index contributed by atoms with van der Waals surface area (Å²) in [5.74, 6) is 0. The first-order valence-electron chi connectivity index (χ1n) is 9.57. The van der Waals surface area contributed by atoms with E-state index in [1.807, 2.05) is 0 Å². The van der Waals surface area contributed by atoms with E-state index < -0.39 is 0 Å². The van der Waals surface area contributed by atoms with Gasteiger partial charge in [-0.1, -0.05) is 55.0 Å². The molecule has 0 spiro atoms. The maximum atomic E-state index is 4.89. The van der Waals surface area contributed by atoms with Crippen LogP contribution in [0, 0.1) is 0 Å².